The summed E-state index contributed by atoms with van der Waals surface area (Å²) in [5.74, 6) is -1.75. The molecule has 39 heavy (non-hydrogen) atoms. The van der Waals surface area contributed by atoms with Crippen molar-refractivity contribution in [3.05, 3.63) is 18.0 Å². The number of hydrogen-bond donors (Lipinski definition) is 3. The zero-order chi connectivity index (χ0) is 28.1. The Morgan fingerprint density at radius 2 is 1.92 bits per heavy atom. The van der Waals surface area contributed by atoms with E-state index in [9.17, 15) is 32.8 Å². The Morgan fingerprint density at radius 1 is 1.18 bits per heavy atom. The molecule has 1 aliphatic carbocycles. The number of hydrogen-bond acceptors (Lipinski definition) is 7. The second kappa shape index (κ2) is 9.95. The molecule has 3 saturated heterocycles. The van der Waals surface area contributed by atoms with Crippen LogP contribution in [0.15, 0.2) is 12.3 Å². The highest BCUT2D eigenvalue weighted by molar-refractivity contribution is 5.93. The molecule has 0 unspecified atom stereocenters. The van der Waals surface area contributed by atoms with Crippen LogP contribution < -0.4 is 16.0 Å². The molecule has 0 spiro atoms. The minimum Gasteiger partial charge on any atom is -0.356 e. The summed E-state index contributed by atoms with van der Waals surface area (Å²) in [7, 11) is 0. The van der Waals surface area contributed by atoms with Crippen LogP contribution in [0.2, 0.25) is 0 Å². The van der Waals surface area contributed by atoms with E-state index in [0.29, 0.717) is 38.8 Å². The summed E-state index contributed by atoms with van der Waals surface area (Å²) in [6.07, 6.45) is -1.28. The van der Waals surface area contributed by atoms with E-state index < -0.39 is 47.7 Å². The fraction of sp³-hybridized carbons (Fsp3) is 0.692. The third-order valence-electron chi connectivity index (χ3n) is 9.03. The molecule has 1 saturated carbocycles. The molecule has 210 valence electrons. The number of aromatic nitrogens is 2. The van der Waals surface area contributed by atoms with Gasteiger partial charge in [-0.3, -0.25) is 14.4 Å². The van der Waals surface area contributed by atoms with Gasteiger partial charge in [-0.25, -0.2) is 9.97 Å². The molecule has 4 aliphatic rings. The fourth-order valence-electron chi connectivity index (χ4n) is 6.74. The van der Waals surface area contributed by atoms with Gasteiger partial charge < -0.3 is 20.9 Å². The standard InChI is InChI=1S/C26H32F3N7O3/c1-25(2)16-12-36-20(19(16)25)22(38)33-14(10-30)9-15-13(11-32-21(15)37)5-3-4-6-17(23(36)39)34-24-31-8-7-18(35-24)26(27,28)29/h7-8,13-17,19-20H,3-6,9,11-12H2,1-2H3,(H,32,37)(H,33,38)(H,31,34,35)/t13-,14-,15-,16-,17-,19-,20-/m0/s1. The molecule has 1 aromatic heterocycles. The third kappa shape index (κ3) is 5.13. The average Bonchev–Trinajstić information content (AvgIpc) is 3.20. The van der Waals surface area contributed by atoms with Crippen LogP contribution in [-0.2, 0) is 20.6 Å². The van der Waals surface area contributed by atoms with Gasteiger partial charge in [0.2, 0.25) is 23.7 Å². The predicted octanol–water partition coefficient (Wildman–Crippen LogP) is 2.09. The molecule has 0 bridgehead atoms. The number of piperidine rings is 1. The summed E-state index contributed by atoms with van der Waals surface area (Å²) in [5, 5.41) is 18.2. The molecule has 5 rings (SSSR count). The van der Waals surface area contributed by atoms with Crippen molar-refractivity contribution >= 4 is 23.7 Å². The molecule has 4 fully saturated rings. The first kappa shape index (κ1) is 27.1. The van der Waals surface area contributed by atoms with Gasteiger partial charge in [0.15, 0.2) is 0 Å². The number of nitriles is 1. The number of anilines is 1. The van der Waals surface area contributed by atoms with Gasteiger partial charge in [0, 0.05) is 25.2 Å². The Labute approximate surface area is 224 Å². The van der Waals surface area contributed by atoms with Crippen LogP contribution in [-0.4, -0.2) is 63.8 Å². The summed E-state index contributed by atoms with van der Waals surface area (Å²) in [6.45, 7) is 4.87. The molecule has 7 atom stereocenters. The topological polar surface area (TPSA) is 140 Å². The molecule has 1 aromatic rings. The van der Waals surface area contributed by atoms with Crippen molar-refractivity contribution in [1.29, 1.82) is 5.26 Å². The summed E-state index contributed by atoms with van der Waals surface area (Å²) in [5.41, 5.74) is -1.29. The summed E-state index contributed by atoms with van der Waals surface area (Å²) < 4.78 is 39.7. The van der Waals surface area contributed by atoms with Gasteiger partial charge in [-0.2, -0.15) is 18.4 Å². The zero-order valence-corrected chi connectivity index (χ0v) is 21.8. The van der Waals surface area contributed by atoms with Crippen LogP contribution in [0.4, 0.5) is 19.1 Å². The third-order valence-corrected chi connectivity index (χ3v) is 9.03. The van der Waals surface area contributed by atoms with Crippen molar-refractivity contribution in [3.63, 3.8) is 0 Å². The van der Waals surface area contributed by atoms with Crippen molar-refractivity contribution in [3.8, 4) is 6.07 Å². The second-order valence-electron chi connectivity index (χ2n) is 11.7. The van der Waals surface area contributed by atoms with Gasteiger partial charge in [0.05, 0.1) is 6.07 Å². The number of nitrogens with one attached hydrogen (secondary N) is 3. The Morgan fingerprint density at radius 3 is 2.64 bits per heavy atom. The molecule has 3 N–H and O–H groups in total. The first-order valence-corrected chi connectivity index (χ1v) is 13.4. The normalized spacial score (nSPS) is 34.5. The number of carbonyl (C=O) groups is 3. The van der Waals surface area contributed by atoms with Gasteiger partial charge >= 0.3 is 6.18 Å². The van der Waals surface area contributed by atoms with Gasteiger partial charge in [0.1, 0.15) is 23.8 Å². The Hall–Kier alpha value is -3.43. The number of rotatable bonds is 2. The van der Waals surface area contributed by atoms with Crippen LogP contribution in [0.25, 0.3) is 0 Å². The molecule has 0 aromatic carbocycles. The lowest BCUT2D eigenvalue weighted by Crippen LogP contribution is -2.55. The average molecular weight is 548 g/mol. The maximum absolute atomic E-state index is 13.9. The van der Waals surface area contributed by atoms with Gasteiger partial charge in [0.25, 0.3) is 0 Å². The molecular formula is C26H32F3N7O3. The van der Waals surface area contributed by atoms with Gasteiger partial charge in [-0.1, -0.05) is 26.7 Å². The first-order valence-electron chi connectivity index (χ1n) is 13.4. The Kier molecular flexibility index (Phi) is 6.93. The van der Waals surface area contributed by atoms with E-state index in [1.165, 1.54) is 4.90 Å². The quantitative estimate of drug-likeness (QED) is 0.515. The number of nitrogens with zero attached hydrogens (tertiary/aromatic N) is 4. The monoisotopic (exact) mass is 547 g/mol. The molecule has 3 aliphatic heterocycles. The lowest BCUT2D eigenvalue weighted by Gasteiger charge is -2.34. The van der Waals surface area contributed by atoms with E-state index in [0.717, 1.165) is 12.3 Å². The van der Waals surface area contributed by atoms with Crippen molar-refractivity contribution in [2.75, 3.05) is 18.4 Å². The maximum atomic E-state index is 13.9. The van der Waals surface area contributed by atoms with Gasteiger partial charge in [-0.15, -0.1) is 0 Å². The van der Waals surface area contributed by atoms with Crippen molar-refractivity contribution in [2.24, 2.45) is 29.1 Å². The highest BCUT2D eigenvalue weighted by atomic mass is 19.4. The van der Waals surface area contributed by atoms with Crippen LogP contribution in [0.3, 0.4) is 0 Å². The van der Waals surface area contributed by atoms with E-state index in [1.807, 2.05) is 13.8 Å². The smallest absolute Gasteiger partial charge is 0.356 e. The Bertz CT molecular complexity index is 1200. The number of alkyl halides is 3. The highest BCUT2D eigenvalue weighted by Crippen LogP contribution is 2.65. The van der Waals surface area contributed by atoms with Crippen molar-refractivity contribution in [1.82, 2.24) is 25.5 Å². The molecular weight excluding hydrogens is 515 g/mol. The van der Waals surface area contributed by atoms with Crippen molar-refractivity contribution < 1.29 is 27.6 Å². The van der Waals surface area contributed by atoms with E-state index in [1.54, 1.807) is 0 Å². The number of halogens is 3. The SMILES string of the molecule is CC1(C)[C@@H]2[C@H]3C(=O)N[C@H](C#N)C[C@@H]4C(=O)NC[C@@H]4CCCC[C@H](Nc4nccc(C(F)(F)F)n4)C(=O)N3C[C@@H]21. The molecule has 0 radical (unpaired) electrons. The van der Waals surface area contributed by atoms with Crippen molar-refractivity contribution in [2.45, 2.75) is 70.3 Å². The largest absolute Gasteiger partial charge is 0.433 e. The first-order chi connectivity index (χ1) is 18.4. The maximum Gasteiger partial charge on any atom is 0.433 e. The van der Waals surface area contributed by atoms with E-state index >= 15 is 0 Å². The second-order valence-corrected chi connectivity index (χ2v) is 11.7. The van der Waals surface area contributed by atoms with Crippen LogP contribution in [0, 0.1) is 40.4 Å². The molecule has 13 heteroatoms. The summed E-state index contributed by atoms with van der Waals surface area (Å²) in [6, 6.07) is 0.214. The number of fused-ring (bicyclic) bond motifs is 4. The molecule has 4 heterocycles. The molecule has 3 amide bonds. The van der Waals surface area contributed by atoms with Crippen LogP contribution >= 0.6 is 0 Å². The van der Waals surface area contributed by atoms with E-state index in [4.69, 9.17) is 0 Å². The lowest BCUT2D eigenvalue weighted by atomic mass is 9.85. The summed E-state index contributed by atoms with van der Waals surface area (Å²) in [4.78, 5) is 48.9. The lowest BCUT2D eigenvalue weighted by molar-refractivity contribution is -0.141. The Balaban J connectivity index is 1.44. The molecule has 10 nitrogen and oxygen atoms in total. The van der Waals surface area contributed by atoms with Crippen LogP contribution in [0.1, 0.15) is 51.6 Å². The zero-order valence-electron chi connectivity index (χ0n) is 21.8. The van der Waals surface area contributed by atoms with Crippen LogP contribution in [0.5, 0.6) is 0 Å². The van der Waals surface area contributed by atoms with E-state index in [2.05, 4.69) is 32.0 Å². The minimum atomic E-state index is -4.67. The minimum absolute atomic E-state index is 0.0168. The number of carbonyl (C=O) groups excluding carboxylic acids is 3. The van der Waals surface area contributed by atoms with E-state index in [-0.39, 0.29) is 41.4 Å². The van der Waals surface area contributed by atoms with Gasteiger partial charge in [-0.05, 0) is 48.5 Å². The summed E-state index contributed by atoms with van der Waals surface area (Å²) >= 11 is 0. The fourth-order valence-corrected chi connectivity index (χ4v) is 6.74. The highest BCUT2D eigenvalue weighted by Gasteiger charge is 2.69. The predicted molar refractivity (Wildman–Crippen MR) is 131 cm³/mol. The number of amides is 3.